The van der Waals surface area contributed by atoms with Gasteiger partial charge in [0.05, 0.1) is 6.61 Å². The molecule has 1 aliphatic carbocycles. The zero-order valence-electron chi connectivity index (χ0n) is 13.3. The van der Waals surface area contributed by atoms with Crippen molar-refractivity contribution >= 4 is 0 Å². The van der Waals surface area contributed by atoms with Crippen molar-refractivity contribution in [2.75, 3.05) is 19.8 Å². The van der Waals surface area contributed by atoms with Gasteiger partial charge in [0.2, 0.25) is 0 Å². The molecule has 1 aromatic carbocycles. The van der Waals surface area contributed by atoms with Crippen LogP contribution in [0.5, 0.6) is 11.5 Å². The highest BCUT2D eigenvalue weighted by Crippen LogP contribution is 2.40. The first kappa shape index (κ1) is 16.2. The lowest BCUT2D eigenvalue weighted by Gasteiger charge is -2.37. The van der Waals surface area contributed by atoms with Gasteiger partial charge >= 0.3 is 0 Å². The molecule has 0 unspecified atom stereocenters. The van der Waals surface area contributed by atoms with Crippen molar-refractivity contribution in [3.8, 4) is 11.5 Å². The Balaban J connectivity index is 1.93. The Labute approximate surface area is 128 Å². The van der Waals surface area contributed by atoms with Crippen LogP contribution in [0.25, 0.3) is 0 Å². The first-order valence-electron chi connectivity index (χ1n) is 8.34. The van der Waals surface area contributed by atoms with E-state index in [0.29, 0.717) is 18.6 Å². The Morgan fingerprint density at radius 3 is 2.48 bits per heavy atom. The summed E-state index contributed by atoms with van der Waals surface area (Å²) >= 11 is 0. The fraction of sp³-hybridized carbons (Fsp3) is 0.667. The zero-order valence-corrected chi connectivity index (χ0v) is 13.3. The maximum Gasteiger partial charge on any atom is 0.123 e. The minimum absolute atomic E-state index is 0.390. The molecule has 0 atom stereocenters. The molecule has 0 radical (unpaired) electrons. The lowest BCUT2D eigenvalue weighted by Crippen LogP contribution is -2.31. The van der Waals surface area contributed by atoms with Gasteiger partial charge in [-0.2, -0.15) is 0 Å². The second-order valence-electron chi connectivity index (χ2n) is 6.21. The molecule has 0 heterocycles. The normalized spacial score (nSPS) is 17.4. The third kappa shape index (κ3) is 4.92. The molecule has 0 spiro atoms. The van der Waals surface area contributed by atoms with Crippen LogP contribution in [0.4, 0.5) is 0 Å². The third-order valence-corrected chi connectivity index (χ3v) is 4.43. The molecule has 0 aromatic heterocycles. The average molecular weight is 291 g/mol. The number of benzene rings is 1. The molecule has 0 bridgehead atoms. The van der Waals surface area contributed by atoms with E-state index in [0.717, 1.165) is 18.1 Å². The summed E-state index contributed by atoms with van der Waals surface area (Å²) < 4.78 is 11.7. The monoisotopic (exact) mass is 291 g/mol. The van der Waals surface area contributed by atoms with Gasteiger partial charge in [-0.25, -0.2) is 0 Å². The highest BCUT2D eigenvalue weighted by molar-refractivity contribution is 5.33. The first-order chi connectivity index (χ1) is 10.3. The quantitative estimate of drug-likeness (QED) is 0.782. The predicted molar refractivity (Wildman–Crippen MR) is 86.9 cm³/mol. The van der Waals surface area contributed by atoms with E-state index in [4.69, 9.17) is 15.2 Å². The summed E-state index contributed by atoms with van der Waals surface area (Å²) in [5.74, 6) is 1.75. The molecular weight excluding hydrogens is 262 g/mol. The van der Waals surface area contributed by atoms with Crippen molar-refractivity contribution in [1.82, 2.24) is 0 Å². The van der Waals surface area contributed by atoms with Crippen molar-refractivity contribution in [2.24, 2.45) is 11.1 Å². The number of rotatable bonds is 8. The molecule has 1 aliphatic rings. The van der Waals surface area contributed by atoms with E-state index in [1.54, 1.807) is 0 Å². The van der Waals surface area contributed by atoms with E-state index in [1.807, 2.05) is 24.3 Å². The SMILES string of the molecule is CCCC1(COc2cccc(OCCN)c2)CCCCC1. The number of hydrogen-bond acceptors (Lipinski definition) is 3. The van der Waals surface area contributed by atoms with Crippen LogP contribution in [0.1, 0.15) is 51.9 Å². The minimum atomic E-state index is 0.390. The summed E-state index contributed by atoms with van der Waals surface area (Å²) in [6.07, 6.45) is 9.22. The maximum absolute atomic E-state index is 6.11. The molecule has 118 valence electrons. The van der Waals surface area contributed by atoms with E-state index >= 15 is 0 Å². The van der Waals surface area contributed by atoms with Crippen molar-refractivity contribution < 1.29 is 9.47 Å². The number of ether oxygens (including phenoxy) is 2. The largest absolute Gasteiger partial charge is 0.493 e. The van der Waals surface area contributed by atoms with Crippen LogP contribution in [0.15, 0.2) is 24.3 Å². The Kier molecular flexibility index (Phi) is 6.37. The molecular formula is C18H29NO2. The maximum atomic E-state index is 6.11. The smallest absolute Gasteiger partial charge is 0.123 e. The van der Waals surface area contributed by atoms with Gasteiger partial charge in [0.1, 0.15) is 18.1 Å². The zero-order chi connectivity index (χ0) is 15.0. The van der Waals surface area contributed by atoms with Crippen molar-refractivity contribution in [3.63, 3.8) is 0 Å². The molecule has 2 rings (SSSR count). The summed E-state index contributed by atoms with van der Waals surface area (Å²) in [7, 11) is 0. The van der Waals surface area contributed by atoms with Crippen molar-refractivity contribution in [2.45, 2.75) is 51.9 Å². The van der Waals surface area contributed by atoms with Crippen molar-refractivity contribution in [1.29, 1.82) is 0 Å². The van der Waals surface area contributed by atoms with Crippen molar-refractivity contribution in [3.05, 3.63) is 24.3 Å². The average Bonchev–Trinajstić information content (AvgIpc) is 2.53. The highest BCUT2D eigenvalue weighted by atomic mass is 16.5. The topological polar surface area (TPSA) is 44.5 Å². The van der Waals surface area contributed by atoms with Gasteiger partial charge in [0, 0.05) is 18.0 Å². The summed E-state index contributed by atoms with van der Waals surface area (Å²) in [5, 5.41) is 0. The Morgan fingerprint density at radius 2 is 1.81 bits per heavy atom. The minimum Gasteiger partial charge on any atom is -0.493 e. The van der Waals surface area contributed by atoms with Crippen LogP contribution >= 0.6 is 0 Å². The van der Waals surface area contributed by atoms with Gasteiger partial charge in [-0.05, 0) is 31.4 Å². The Bertz CT molecular complexity index is 408. The molecule has 0 aliphatic heterocycles. The molecule has 1 aromatic rings. The van der Waals surface area contributed by atoms with E-state index in [1.165, 1.54) is 44.9 Å². The third-order valence-electron chi connectivity index (χ3n) is 4.43. The van der Waals surface area contributed by atoms with E-state index < -0.39 is 0 Å². The predicted octanol–water partition coefficient (Wildman–Crippen LogP) is 4.15. The van der Waals surface area contributed by atoms with Crippen LogP contribution in [0, 0.1) is 5.41 Å². The molecule has 0 amide bonds. The Morgan fingerprint density at radius 1 is 1.10 bits per heavy atom. The summed E-state index contributed by atoms with van der Waals surface area (Å²) in [6.45, 7) is 4.19. The van der Waals surface area contributed by atoms with Gasteiger partial charge in [-0.15, -0.1) is 0 Å². The standard InChI is InChI=1S/C18H29NO2/c1-2-9-18(10-4-3-5-11-18)15-21-17-8-6-7-16(14-17)20-13-12-19/h6-8,14H,2-5,9-13,15,19H2,1H3. The second kappa shape index (κ2) is 8.28. The van der Waals surface area contributed by atoms with Gasteiger partial charge in [0.25, 0.3) is 0 Å². The highest BCUT2D eigenvalue weighted by Gasteiger charge is 2.31. The van der Waals surface area contributed by atoms with Crippen LogP contribution in [0.2, 0.25) is 0 Å². The van der Waals surface area contributed by atoms with Crippen LogP contribution in [0.3, 0.4) is 0 Å². The van der Waals surface area contributed by atoms with Gasteiger partial charge in [-0.1, -0.05) is 38.7 Å². The second-order valence-corrected chi connectivity index (χ2v) is 6.21. The Hall–Kier alpha value is -1.22. The fourth-order valence-electron chi connectivity index (χ4n) is 3.37. The van der Waals surface area contributed by atoms with E-state index in [9.17, 15) is 0 Å². The lowest BCUT2D eigenvalue weighted by molar-refractivity contribution is 0.0863. The van der Waals surface area contributed by atoms with E-state index in [-0.39, 0.29) is 0 Å². The molecule has 2 N–H and O–H groups in total. The van der Waals surface area contributed by atoms with E-state index in [2.05, 4.69) is 6.92 Å². The van der Waals surface area contributed by atoms with Gasteiger partial charge < -0.3 is 15.2 Å². The summed E-state index contributed by atoms with van der Waals surface area (Å²) in [6, 6.07) is 7.91. The molecule has 1 fully saturated rings. The lowest BCUT2D eigenvalue weighted by atomic mass is 9.72. The van der Waals surface area contributed by atoms with Gasteiger partial charge in [-0.3, -0.25) is 0 Å². The molecule has 1 saturated carbocycles. The van der Waals surface area contributed by atoms with Crippen LogP contribution in [-0.4, -0.2) is 19.8 Å². The van der Waals surface area contributed by atoms with Gasteiger partial charge in [0.15, 0.2) is 0 Å². The number of hydrogen-bond donors (Lipinski definition) is 1. The van der Waals surface area contributed by atoms with Crippen LogP contribution < -0.4 is 15.2 Å². The fourth-order valence-corrected chi connectivity index (χ4v) is 3.37. The molecule has 3 heteroatoms. The molecule has 3 nitrogen and oxygen atoms in total. The molecule has 0 saturated heterocycles. The van der Waals surface area contributed by atoms with Crippen LogP contribution in [-0.2, 0) is 0 Å². The first-order valence-corrected chi connectivity index (χ1v) is 8.34. The summed E-state index contributed by atoms with van der Waals surface area (Å²) in [4.78, 5) is 0. The molecule has 21 heavy (non-hydrogen) atoms. The summed E-state index contributed by atoms with van der Waals surface area (Å²) in [5.41, 5.74) is 5.86. The number of nitrogens with two attached hydrogens (primary N) is 1.